The highest BCUT2D eigenvalue weighted by molar-refractivity contribution is 6.42. The molecule has 2 aromatic carbocycles. The van der Waals surface area contributed by atoms with Crippen molar-refractivity contribution in [2.75, 3.05) is 0 Å². The van der Waals surface area contributed by atoms with Crippen molar-refractivity contribution in [3.8, 4) is 0 Å². The summed E-state index contributed by atoms with van der Waals surface area (Å²) in [6.45, 7) is 0. The summed E-state index contributed by atoms with van der Waals surface area (Å²) in [6, 6.07) is 14.9. The van der Waals surface area contributed by atoms with Crippen molar-refractivity contribution in [2.45, 2.75) is 50.6 Å². The number of carbonyl (C=O) groups excluding carboxylic acids is 2. The topological polar surface area (TPSA) is 58.2 Å². The zero-order valence-electron chi connectivity index (χ0n) is 15.6. The number of halogens is 2. The minimum Gasteiger partial charge on any atom is -0.352 e. The van der Waals surface area contributed by atoms with E-state index in [2.05, 4.69) is 10.6 Å². The van der Waals surface area contributed by atoms with E-state index in [1.54, 1.807) is 6.07 Å². The summed E-state index contributed by atoms with van der Waals surface area (Å²) in [5.74, 6) is -0.226. The third-order valence-electron chi connectivity index (χ3n) is 4.71. The van der Waals surface area contributed by atoms with Crippen LogP contribution in [0.25, 0.3) is 0 Å². The van der Waals surface area contributed by atoms with Crippen LogP contribution in [-0.4, -0.2) is 23.9 Å². The molecule has 0 heterocycles. The van der Waals surface area contributed by atoms with E-state index in [-0.39, 0.29) is 17.9 Å². The van der Waals surface area contributed by atoms with Crippen LogP contribution in [0.15, 0.2) is 48.5 Å². The third kappa shape index (κ3) is 6.54. The van der Waals surface area contributed by atoms with E-state index in [1.807, 2.05) is 42.5 Å². The lowest BCUT2D eigenvalue weighted by atomic mass is 10.0. The van der Waals surface area contributed by atoms with Gasteiger partial charge in [-0.2, -0.15) is 0 Å². The van der Waals surface area contributed by atoms with Crippen LogP contribution >= 0.6 is 23.2 Å². The highest BCUT2D eigenvalue weighted by Crippen LogP contribution is 2.23. The number of hydrogen-bond acceptors (Lipinski definition) is 2. The van der Waals surface area contributed by atoms with Crippen molar-refractivity contribution in [3.63, 3.8) is 0 Å². The Morgan fingerprint density at radius 1 is 1.00 bits per heavy atom. The number of benzene rings is 2. The molecule has 0 aliphatic heterocycles. The van der Waals surface area contributed by atoms with Gasteiger partial charge in [0.2, 0.25) is 11.8 Å². The summed E-state index contributed by atoms with van der Waals surface area (Å²) >= 11 is 12.0. The Labute approximate surface area is 175 Å². The van der Waals surface area contributed by atoms with Crippen molar-refractivity contribution >= 4 is 35.0 Å². The first-order valence-electron chi connectivity index (χ1n) is 9.59. The van der Waals surface area contributed by atoms with Gasteiger partial charge in [-0.25, -0.2) is 0 Å². The van der Waals surface area contributed by atoms with Crippen LogP contribution in [0, 0.1) is 0 Å². The molecular weight excluding hydrogens is 395 g/mol. The van der Waals surface area contributed by atoms with Gasteiger partial charge in [0.25, 0.3) is 0 Å². The minimum absolute atomic E-state index is 0.107. The summed E-state index contributed by atoms with van der Waals surface area (Å²) in [7, 11) is 0. The number of rotatable bonds is 9. The van der Waals surface area contributed by atoms with Crippen LogP contribution in [0.4, 0.5) is 0 Å². The molecule has 1 unspecified atom stereocenters. The molecule has 6 heteroatoms. The van der Waals surface area contributed by atoms with E-state index in [0.717, 1.165) is 30.4 Å². The molecule has 0 spiro atoms. The second-order valence-electron chi connectivity index (χ2n) is 7.19. The van der Waals surface area contributed by atoms with Crippen LogP contribution < -0.4 is 10.6 Å². The van der Waals surface area contributed by atoms with Crippen molar-refractivity contribution in [1.82, 2.24) is 10.6 Å². The van der Waals surface area contributed by atoms with Crippen LogP contribution in [0.1, 0.15) is 36.8 Å². The summed E-state index contributed by atoms with van der Waals surface area (Å²) < 4.78 is 0. The van der Waals surface area contributed by atoms with Crippen LogP contribution in [0.5, 0.6) is 0 Å². The largest absolute Gasteiger partial charge is 0.352 e. The fraction of sp³-hybridized carbons (Fsp3) is 0.364. The highest BCUT2D eigenvalue weighted by Gasteiger charge is 2.28. The minimum atomic E-state index is -0.555. The van der Waals surface area contributed by atoms with E-state index >= 15 is 0 Å². The van der Waals surface area contributed by atoms with Gasteiger partial charge in [0.05, 0.1) is 10.0 Å². The van der Waals surface area contributed by atoms with Crippen LogP contribution in [-0.2, 0) is 22.4 Å². The fourth-order valence-electron chi connectivity index (χ4n) is 3.00. The van der Waals surface area contributed by atoms with Gasteiger partial charge < -0.3 is 10.6 Å². The quantitative estimate of drug-likeness (QED) is 0.636. The summed E-state index contributed by atoms with van der Waals surface area (Å²) in [5.41, 5.74) is 2.06. The molecular formula is C22H24Cl2N2O2. The third-order valence-corrected chi connectivity index (χ3v) is 5.45. The van der Waals surface area contributed by atoms with Crippen LogP contribution in [0.2, 0.25) is 10.0 Å². The first-order valence-corrected chi connectivity index (χ1v) is 10.3. The molecule has 1 aliphatic rings. The highest BCUT2D eigenvalue weighted by atomic mass is 35.5. The molecule has 0 radical (unpaired) electrons. The molecule has 2 amide bonds. The summed E-state index contributed by atoms with van der Waals surface area (Å²) in [6.07, 6.45) is 4.26. The van der Waals surface area contributed by atoms with E-state index in [9.17, 15) is 9.59 Å². The Hall–Kier alpha value is -2.04. The number of nitrogens with one attached hydrogen (secondary N) is 2. The lowest BCUT2D eigenvalue weighted by Gasteiger charge is -2.18. The SMILES string of the molecule is O=C(CCCc1ccc(Cl)c(Cl)c1)NC(Cc1ccccc1)C(=O)NC1CC1. The Bertz CT molecular complexity index is 823. The predicted molar refractivity (Wildman–Crippen MR) is 113 cm³/mol. The number of amides is 2. The molecule has 1 atom stereocenters. The maximum absolute atomic E-state index is 12.5. The summed E-state index contributed by atoms with van der Waals surface area (Å²) in [5, 5.41) is 6.94. The van der Waals surface area contributed by atoms with E-state index in [0.29, 0.717) is 29.3 Å². The Morgan fingerprint density at radius 3 is 2.43 bits per heavy atom. The normalized spacial score (nSPS) is 14.4. The van der Waals surface area contributed by atoms with Gasteiger partial charge in [-0.3, -0.25) is 9.59 Å². The van der Waals surface area contributed by atoms with Gasteiger partial charge in [-0.1, -0.05) is 59.6 Å². The van der Waals surface area contributed by atoms with Gasteiger partial charge in [0, 0.05) is 18.9 Å². The molecule has 4 nitrogen and oxygen atoms in total. The van der Waals surface area contributed by atoms with Gasteiger partial charge in [0.1, 0.15) is 6.04 Å². The molecule has 1 fully saturated rings. The van der Waals surface area contributed by atoms with E-state index in [1.165, 1.54) is 0 Å². The number of aryl methyl sites for hydroxylation is 1. The van der Waals surface area contributed by atoms with Gasteiger partial charge in [-0.05, 0) is 48.9 Å². The molecule has 1 saturated carbocycles. The fourth-order valence-corrected chi connectivity index (χ4v) is 3.32. The molecule has 1 aliphatic carbocycles. The average molecular weight is 419 g/mol. The maximum Gasteiger partial charge on any atom is 0.243 e. The molecule has 0 bridgehead atoms. The molecule has 0 aromatic heterocycles. The van der Waals surface area contributed by atoms with Crippen molar-refractivity contribution in [1.29, 1.82) is 0 Å². The number of hydrogen-bond donors (Lipinski definition) is 2. The molecule has 0 saturated heterocycles. The van der Waals surface area contributed by atoms with Gasteiger partial charge in [0.15, 0.2) is 0 Å². The van der Waals surface area contributed by atoms with Gasteiger partial charge in [-0.15, -0.1) is 0 Å². The molecule has 2 N–H and O–H groups in total. The maximum atomic E-state index is 12.5. The van der Waals surface area contributed by atoms with Crippen molar-refractivity contribution < 1.29 is 9.59 Å². The molecule has 3 rings (SSSR count). The Balaban J connectivity index is 1.52. The van der Waals surface area contributed by atoms with Crippen molar-refractivity contribution in [3.05, 3.63) is 69.7 Å². The van der Waals surface area contributed by atoms with Crippen molar-refractivity contribution in [2.24, 2.45) is 0 Å². The first-order chi connectivity index (χ1) is 13.5. The second kappa shape index (κ2) is 9.94. The smallest absolute Gasteiger partial charge is 0.243 e. The summed E-state index contributed by atoms with van der Waals surface area (Å²) in [4.78, 5) is 25.0. The zero-order valence-corrected chi connectivity index (χ0v) is 17.1. The molecule has 2 aromatic rings. The molecule has 28 heavy (non-hydrogen) atoms. The second-order valence-corrected chi connectivity index (χ2v) is 8.01. The Morgan fingerprint density at radius 2 is 1.75 bits per heavy atom. The van der Waals surface area contributed by atoms with E-state index < -0.39 is 6.04 Å². The monoisotopic (exact) mass is 418 g/mol. The Kier molecular flexibility index (Phi) is 7.35. The lowest BCUT2D eigenvalue weighted by molar-refractivity contribution is -0.129. The van der Waals surface area contributed by atoms with E-state index in [4.69, 9.17) is 23.2 Å². The predicted octanol–water partition coefficient (Wildman–Crippen LogP) is 4.32. The average Bonchev–Trinajstić information content (AvgIpc) is 3.49. The molecule has 148 valence electrons. The van der Waals surface area contributed by atoms with Gasteiger partial charge >= 0.3 is 0 Å². The first kappa shape index (κ1) is 20.7. The number of carbonyl (C=O) groups is 2. The zero-order chi connectivity index (χ0) is 19.9. The standard InChI is InChI=1S/C22H24Cl2N2O2/c23-18-12-9-16(13-19(18)24)7-4-8-21(27)26-20(22(28)25-17-10-11-17)14-15-5-2-1-3-6-15/h1-3,5-6,9,12-13,17,20H,4,7-8,10-11,14H2,(H,25,28)(H,26,27). The van der Waals surface area contributed by atoms with Crippen LogP contribution in [0.3, 0.4) is 0 Å². The lowest BCUT2D eigenvalue weighted by Crippen LogP contribution is -2.48.